The number of nitrogens with zero attached hydrogens (tertiary/aromatic N) is 2. The predicted octanol–water partition coefficient (Wildman–Crippen LogP) is -0.849. The molecule has 0 radical (unpaired) electrons. The Hall–Kier alpha value is -2.66. The number of aromatic nitrogens is 2. The standard InChI is InChI=1S/C13H16N4O6S/c1-17-8-11(6-15-17)24(20,21)16-7-13(19)23-9-12(18)14-5-10-3-2-4-22-10/h2-4,6,8,16H,5,7,9H2,1H3,(H,14,18). The Morgan fingerprint density at radius 2 is 2.21 bits per heavy atom. The molecule has 0 bridgehead atoms. The van der Waals surface area contributed by atoms with Crippen molar-refractivity contribution in [1.82, 2.24) is 19.8 Å². The van der Waals surface area contributed by atoms with Crippen LogP contribution in [0.2, 0.25) is 0 Å². The van der Waals surface area contributed by atoms with Gasteiger partial charge in [-0.05, 0) is 12.1 Å². The summed E-state index contributed by atoms with van der Waals surface area (Å²) in [6.45, 7) is -0.951. The van der Waals surface area contributed by atoms with Crippen molar-refractivity contribution in [3.63, 3.8) is 0 Å². The summed E-state index contributed by atoms with van der Waals surface area (Å²) in [4.78, 5) is 22.9. The van der Waals surface area contributed by atoms with Gasteiger partial charge >= 0.3 is 5.97 Å². The van der Waals surface area contributed by atoms with E-state index < -0.39 is 35.1 Å². The van der Waals surface area contributed by atoms with Crippen molar-refractivity contribution < 1.29 is 27.2 Å². The minimum atomic E-state index is -3.86. The quantitative estimate of drug-likeness (QED) is 0.589. The van der Waals surface area contributed by atoms with E-state index in [4.69, 9.17) is 4.42 Å². The Kier molecular flexibility index (Phi) is 5.71. The highest BCUT2D eigenvalue weighted by Gasteiger charge is 2.18. The summed E-state index contributed by atoms with van der Waals surface area (Å²) in [7, 11) is -2.30. The third-order valence-corrected chi connectivity index (χ3v) is 4.16. The lowest BCUT2D eigenvalue weighted by Gasteiger charge is -2.06. The lowest BCUT2D eigenvalue weighted by molar-refractivity contribution is -0.147. The van der Waals surface area contributed by atoms with Crippen molar-refractivity contribution in [2.24, 2.45) is 7.05 Å². The second-order valence-electron chi connectivity index (χ2n) is 4.69. The van der Waals surface area contributed by atoms with E-state index in [-0.39, 0.29) is 11.4 Å². The largest absolute Gasteiger partial charge is 0.467 e. The SMILES string of the molecule is Cn1cc(S(=O)(=O)NCC(=O)OCC(=O)NCc2ccco2)cn1. The molecule has 24 heavy (non-hydrogen) atoms. The Bertz CT molecular complexity index is 796. The smallest absolute Gasteiger partial charge is 0.321 e. The predicted molar refractivity (Wildman–Crippen MR) is 79.9 cm³/mol. The molecule has 0 aliphatic rings. The molecule has 1 amide bonds. The molecule has 10 nitrogen and oxygen atoms in total. The first-order valence-corrected chi connectivity index (χ1v) is 8.28. The molecule has 0 saturated heterocycles. The Labute approximate surface area is 137 Å². The van der Waals surface area contributed by atoms with E-state index >= 15 is 0 Å². The van der Waals surface area contributed by atoms with Crippen LogP contribution in [0.5, 0.6) is 0 Å². The van der Waals surface area contributed by atoms with Gasteiger partial charge in [-0.15, -0.1) is 0 Å². The monoisotopic (exact) mass is 356 g/mol. The second-order valence-corrected chi connectivity index (χ2v) is 6.46. The average Bonchev–Trinajstić information content (AvgIpc) is 3.20. The summed E-state index contributed by atoms with van der Waals surface area (Å²) >= 11 is 0. The zero-order valence-corrected chi connectivity index (χ0v) is 13.6. The number of carbonyl (C=O) groups excluding carboxylic acids is 2. The molecule has 0 aromatic carbocycles. The van der Waals surface area contributed by atoms with Gasteiger partial charge in [-0.25, -0.2) is 8.42 Å². The molecule has 0 spiro atoms. The van der Waals surface area contributed by atoms with E-state index in [1.54, 1.807) is 19.2 Å². The number of ether oxygens (including phenoxy) is 1. The number of nitrogens with one attached hydrogen (secondary N) is 2. The van der Waals surface area contributed by atoms with Crippen LogP contribution in [0, 0.1) is 0 Å². The maximum absolute atomic E-state index is 11.9. The van der Waals surface area contributed by atoms with Gasteiger partial charge in [0.2, 0.25) is 10.0 Å². The number of hydrogen-bond acceptors (Lipinski definition) is 7. The molecule has 0 fully saturated rings. The van der Waals surface area contributed by atoms with Gasteiger partial charge in [0.15, 0.2) is 6.61 Å². The summed E-state index contributed by atoms with van der Waals surface area (Å²) in [5, 5.41) is 6.21. The van der Waals surface area contributed by atoms with E-state index in [1.807, 2.05) is 0 Å². The van der Waals surface area contributed by atoms with Gasteiger partial charge < -0.3 is 14.5 Å². The zero-order chi connectivity index (χ0) is 17.6. The fourth-order valence-electron chi connectivity index (χ4n) is 1.62. The van der Waals surface area contributed by atoms with Crippen LogP contribution in [0.1, 0.15) is 5.76 Å². The van der Waals surface area contributed by atoms with E-state index in [9.17, 15) is 18.0 Å². The molecule has 130 valence electrons. The van der Waals surface area contributed by atoms with Crippen molar-refractivity contribution in [3.8, 4) is 0 Å². The fourth-order valence-corrected chi connectivity index (χ4v) is 2.57. The maximum atomic E-state index is 11.9. The van der Waals surface area contributed by atoms with Gasteiger partial charge in [0.25, 0.3) is 5.91 Å². The van der Waals surface area contributed by atoms with Gasteiger partial charge in [-0.1, -0.05) is 0 Å². The molecule has 2 rings (SSSR count). The molecular weight excluding hydrogens is 340 g/mol. The molecule has 2 aromatic rings. The van der Waals surface area contributed by atoms with E-state index in [0.717, 1.165) is 6.20 Å². The van der Waals surface area contributed by atoms with Crippen LogP contribution in [0.25, 0.3) is 0 Å². The van der Waals surface area contributed by atoms with Gasteiger partial charge in [-0.3, -0.25) is 14.3 Å². The lowest BCUT2D eigenvalue weighted by Crippen LogP contribution is -2.33. The molecule has 2 aromatic heterocycles. The van der Waals surface area contributed by atoms with Crippen LogP contribution >= 0.6 is 0 Å². The number of furan rings is 1. The van der Waals surface area contributed by atoms with Crippen LogP contribution < -0.4 is 10.0 Å². The van der Waals surface area contributed by atoms with Crippen LogP contribution in [0.4, 0.5) is 0 Å². The van der Waals surface area contributed by atoms with Crippen LogP contribution in [-0.2, 0) is 37.9 Å². The number of carbonyl (C=O) groups is 2. The highest BCUT2D eigenvalue weighted by Crippen LogP contribution is 2.05. The van der Waals surface area contributed by atoms with Crippen molar-refractivity contribution >= 4 is 21.9 Å². The zero-order valence-electron chi connectivity index (χ0n) is 12.8. The van der Waals surface area contributed by atoms with Gasteiger partial charge in [-0.2, -0.15) is 9.82 Å². The molecule has 0 aliphatic heterocycles. The topological polar surface area (TPSA) is 133 Å². The molecule has 2 N–H and O–H groups in total. The number of esters is 1. The van der Waals surface area contributed by atoms with Gasteiger partial charge in [0.05, 0.1) is 19.0 Å². The molecule has 11 heteroatoms. The van der Waals surface area contributed by atoms with Crippen LogP contribution in [0.15, 0.2) is 40.1 Å². The Morgan fingerprint density at radius 1 is 1.42 bits per heavy atom. The first-order valence-electron chi connectivity index (χ1n) is 6.80. The second kappa shape index (κ2) is 7.75. The molecule has 0 aliphatic carbocycles. The normalized spacial score (nSPS) is 11.2. The van der Waals surface area contributed by atoms with E-state index in [1.165, 1.54) is 17.1 Å². The number of amides is 1. The summed E-state index contributed by atoms with van der Waals surface area (Å²) in [5.74, 6) is -0.857. The van der Waals surface area contributed by atoms with Gasteiger partial charge in [0.1, 0.15) is 17.2 Å². The lowest BCUT2D eigenvalue weighted by atomic mass is 10.4. The van der Waals surface area contributed by atoms with E-state index in [0.29, 0.717) is 5.76 Å². The number of hydrogen-bond donors (Lipinski definition) is 2. The Morgan fingerprint density at radius 3 is 2.83 bits per heavy atom. The first kappa shape index (κ1) is 17.7. The molecule has 0 atom stereocenters. The van der Waals surface area contributed by atoms with Crippen molar-refractivity contribution in [3.05, 3.63) is 36.5 Å². The third-order valence-electron chi connectivity index (χ3n) is 2.80. The van der Waals surface area contributed by atoms with Crippen molar-refractivity contribution in [1.29, 1.82) is 0 Å². The van der Waals surface area contributed by atoms with Crippen molar-refractivity contribution in [2.45, 2.75) is 11.4 Å². The average molecular weight is 356 g/mol. The molecule has 0 saturated carbocycles. The number of rotatable bonds is 8. The summed E-state index contributed by atoms with van der Waals surface area (Å²) in [5.41, 5.74) is 0. The first-order chi connectivity index (χ1) is 11.4. The van der Waals surface area contributed by atoms with E-state index in [2.05, 4.69) is 19.9 Å². The molecular formula is C13H16N4O6S. The minimum absolute atomic E-state index is 0.0750. The summed E-state index contributed by atoms with van der Waals surface area (Å²) in [6.07, 6.45) is 3.90. The molecule has 0 unspecified atom stereocenters. The highest BCUT2D eigenvalue weighted by atomic mass is 32.2. The van der Waals surface area contributed by atoms with Crippen molar-refractivity contribution in [2.75, 3.05) is 13.2 Å². The van der Waals surface area contributed by atoms with Crippen LogP contribution in [0.3, 0.4) is 0 Å². The maximum Gasteiger partial charge on any atom is 0.321 e. The summed E-state index contributed by atoms with van der Waals surface area (Å²) in [6, 6.07) is 3.36. The van der Waals surface area contributed by atoms with Gasteiger partial charge in [0, 0.05) is 13.2 Å². The Balaban J connectivity index is 1.70. The highest BCUT2D eigenvalue weighted by molar-refractivity contribution is 7.89. The number of sulfonamides is 1. The fraction of sp³-hybridized carbons (Fsp3) is 0.308. The molecule has 2 heterocycles. The van der Waals surface area contributed by atoms with Crippen LogP contribution in [-0.4, -0.2) is 43.2 Å². The number of aryl methyl sites for hydroxylation is 1. The third kappa shape index (κ3) is 5.21. The summed E-state index contributed by atoms with van der Waals surface area (Å²) < 4.78 is 36.8. The minimum Gasteiger partial charge on any atom is -0.467 e.